The number of carbonyl (C=O) groups excluding carboxylic acids is 1. The average molecular weight is 467 g/mol. The predicted octanol–water partition coefficient (Wildman–Crippen LogP) is 3.87. The normalized spacial score (nSPS) is 11.9. The fourth-order valence-electron chi connectivity index (χ4n) is 2.74. The number of ether oxygens (including phenoxy) is 1. The molecule has 0 saturated heterocycles. The molecule has 30 heavy (non-hydrogen) atoms. The van der Waals surface area contributed by atoms with E-state index in [1.807, 2.05) is 13.8 Å². The van der Waals surface area contributed by atoms with Crippen LogP contribution in [0.4, 0.5) is 0 Å². The third-order valence-corrected chi connectivity index (χ3v) is 5.82. The molecule has 7 nitrogen and oxygen atoms in total. The van der Waals surface area contributed by atoms with Gasteiger partial charge in [0, 0.05) is 17.6 Å². The number of hydrogen-bond donors (Lipinski definition) is 1. The van der Waals surface area contributed by atoms with Crippen molar-refractivity contribution in [2.24, 2.45) is 0 Å². The monoisotopic (exact) mass is 466 g/mol. The summed E-state index contributed by atoms with van der Waals surface area (Å²) in [6.45, 7) is 5.89. The maximum atomic E-state index is 12.3. The summed E-state index contributed by atoms with van der Waals surface area (Å²) in [5.41, 5.74) is 1.30. The molecule has 2 heterocycles. The van der Waals surface area contributed by atoms with Gasteiger partial charge in [0.2, 0.25) is 0 Å². The second-order valence-electron chi connectivity index (χ2n) is 6.55. The highest BCUT2D eigenvalue weighted by molar-refractivity contribution is 7.15. The van der Waals surface area contributed by atoms with E-state index in [9.17, 15) is 9.59 Å². The Hall–Kier alpha value is -2.42. The number of halogens is 2. The molecule has 0 fully saturated rings. The topological polar surface area (TPSA) is 86.1 Å². The first kappa shape index (κ1) is 22.3. The first-order chi connectivity index (χ1) is 14.2. The van der Waals surface area contributed by atoms with Crippen LogP contribution >= 0.6 is 34.5 Å². The van der Waals surface area contributed by atoms with Gasteiger partial charge in [-0.05, 0) is 45.0 Å². The molecule has 0 spiro atoms. The maximum Gasteiger partial charge on any atom is 0.266 e. The number of thiazole rings is 1. The third kappa shape index (κ3) is 5.38. The van der Waals surface area contributed by atoms with Crippen LogP contribution in [0.3, 0.4) is 0 Å². The van der Waals surface area contributed by atoms with Gasteiger partial charge in [0.25, 0.3) is 11.5 Å². The minimum Gasteiger partial charge on any atom is -0.479 e. The highest BCUT2D eigenvalue weighted by Gasteiger charge is 2.16. The van der Waals surface area contributed by atoms with Gasteiger partial charge in [-0.25, -0.2) is 9.67 Å². The van der Waals surface area contributed by atoms with Crippen molar-refractivity contribution in [3.8, 4) is 16.3 Å². The Balaban J connectivity index is 1.60. The number of nitrogens with one attached hydrogen (secondary N) is 1. The first-order valence-corrected chi connectivity index (χ1v) is 10.7. The molecule has 0 aliphatic carbocycles. The van der Waals surface area contributed by atoms with E-state index >= 15 is 0 Å². The molecular weight excluding hydrogens is 447 g/mol. The summed E-state index contributed by atoms with van der Waals surface area (Å²) in [5.74, 6) is 0.0312. The van der Waals surface area contributed by atoms with Gasteiger partial charge >= 0.3 is 0 Å². The Morgan fingerprint density at radius 3 is 2.70 bits per heavy atom. The molecule has 158 valence electrons. The van der Waals surface area contributed by atoms with Crippen LogP contribution in [-0.2, 0) is 11.3 Å². The van der Waals surface area contributed by atoms with Crippen molar-refractivity contribution in [2.75, 3.05) is 6.54 Å². The molecule has 3 aromatic rings. The van der Waals surface area contributed by atoms with Crippen molar-refractivity contribution >= 4 is 40.4 Å². The Morgan fingerprint density at radius 1 is 1.27 bits per heavy atom. The van der Waals surface area contributed by atoms with E-state index in [0.29, 0.717) is 21.5 Å². The van der Waals surface area contributed by atoms with E-state index in [2.05, 4.69) is 15.4 Å². The summed E-state index contributed by atoms with van der Waals surface area (Å²) < 4.78 is 6.91. The lowest BCUT2D eigenvalue weighted by Crippen LogP contribution is -2.39. The molecule has 3 rings (SSSR count). The van der Waals surface area contributed by atoms with Crippen LogP contribution in [-0.4, -0.2) is 33.3 Å². The van der Waals surface area contributed by atoms with Gasteiger partial charge in [-0.3, -0.25) is 9.59 Å². The summed E-state index contributed by atoms with van der Waals surface area (Å²) in [6.07, 6.45) is -0.775. The van der Waals surface area contributed by atoms with Crippen LogP contribution in [0.15, 0.2) is 35.1 Å². The Morgan fingerprint density at radius 2 is 2.03 bits per heavy atom. The summed E-state index contributed by atoms with van der Waals surface area (Å²) in [5, 5.41) is 8.89. The van der Waals surface area contributed by atoms with E-state index in [-0.39, 0.29) is 24.6 Å². The van der Waals surface area contributed by atoms with Crippen LogP contribution < -0.4 is 15.6 Å². The minimum atomic E-state index is -0.775. The number of amides is 1. The van der Waals surface area contributed by atoms with E-state index in [1.165, 1.54) is 22.1 Å². The summed E-state index contributed by atoms with van der Waals surface area (Å²) in [6, 6.07) is 7.92. The van der Waals surface area contributed by atoms with Gasteiger partial charge in [-0.2, -0.15) is 5.10 Å². The zero-order valence-corrected chi connectivity index (χ0v) is 18.9. The number of hydrogen-bond acceptors (Lipinski definition) is 6. The molecule has 0 aliphatic heterocycles. The molecule has 0 aliphatic rings. The van der Waals surface area contributed by atoms with Crippen LogP contribution in [0, 0.1) is 13.8 Å². The van der Waals surface area contributed by atoms with Crippen LogP contribution in [0.1, 0.15) is 17.6 Å². The molecule has 2 aromatic heterocycles. The van der Waals surface area contributed by atoms with Crippen LogP contribution in [0.25, 0.3) is 10.6 Å². The number of carbonyl (C=O) groups is 1. The highest BCUT2D eigenvalue weighted by atomic mass is 35.5. The summed E-state index contributed by atoms with van der Waals surface area (Å²) in [4.78, 5) is 29.8. The molecule has 0 bridgehead atoms. The molecule has 10 heteroatoms. The van der Waals surface area contributed by atoms with Crippen molar-refractivity contribution in [1.82, 2.24) is 20.1 Å². The molecule has 1 unspecified atom stereocenters. The van der Waals surface area contributed by atoms with Gasteiger partial charge in [0.1, 0.15) is 11.4 Å². The Kier molecular flexibility index (Phi) is 7.12. The largest absolute Gasteiger partial charge is 0.479 e. The van der Waals surface area contributed by atoms with Crippen molar-refractivity contribution in [2.45, 2.75) is 33.4 Å². The lowest BCUT2D eigenvalue weighted by atomic mass is 10.3. The van der Waals surface area contributed by atoms with E-state index in [0.717, 1.165) is 15.6 Å². The van der Waals surface area contributed by atoms with Gasteiger partial charge < -0.3 is 10.1 Å². The fraction of sp³-hybridized carbons (Fsp3) is 0.300. The highest BCUT2D eigenvalue weighted by Crippen LogP contribution is 2.28. The van der Waals surface area contributed by atoms with E-state index in [1.54, 1.807) is 31.2 Å². The molecule has 1 atom stereocenters. The number of aryl methyl sites for hydroxylation is 2. The lowest BCUT2D eigenvalue weighted by Gasteiger charge is -2.16. The van der Waals surface area contributed by atoms with Crippen molar-refractivity contribution < 1.29 is 9.53 Å². The van der Waals surface area contributed by atoms with Crippen LogP contribution in [0.2, 0.25) is 10.0 Å². The number of aromatic nitrogens is 3. The quantitative estimate of drug-likeness (QED) is 0.570. The summed E-state index contributed by atoms with van der Waals surface area (Å²) >= 11 is 13.4. The fourth-order valence-corrected chi connectivity index (χ4v) is 4.08. The molecular formula is C20H20Cl2N4O3S. The zero-order valence-electron chi connectivity index (χ0n) is 16.6. The predicted molar refractivity (Wildman–Crippen MR) is 119 cm³/mol. The number of nitrogens with zero attached hydrogens (tertiary/aromatic N) is 3. The van der Waals surface area contributed by atoms with Gasteiger partial charge in [0.15, 0.2) is 6.10 Å². The van der Waals surface area contributed by atoms with Crippen molar-refractivity contribution in [3.05, 3.63) is 61.4 Å². The van der Waals surface area contributed by atoms with E-state index < -0.39 is 6.10 Å². The second kappa shape index (κ2) is 9.59. The SMILES string of the molecule is Cc1nc(C)c(-c2ccc(=O)n(CCNC(=O)C(C)Oc3ccc(Cl)cc3Cl)n2)s1. The first-order valence-electron chi connectivity index (χ1n) is 9.16. The van der Waals surface area contributed by atoms with Crippen LogP contribution in [0.5, 0.6) is 5.75 Å². The maximum absolute atomic E-state index is 12.3. The van der Waals surface area contributed by atoms with Gasteiger partial charge in [-0.1, -0.05) is 23.2 Å². The molecule has 1 aromatic carbocycles. The molecule has 0 radical (unpaired) electrons. The Labute approximate surface area is 187 Å². The number of rotatable bonds is 7. The average Bonchev–Trinajstić information content (AvgIpc) is 3.03. The Bertz CT molecular complexity index is 1130. The smallest absolute Gasteiger partial charge is 0.266 e. The number of benzene rings is 1. The minimum absolute atomic E-state index is 0.220. The zero-order chi connectivity index (χ0) is 21.8. The van der Waals surface area contributed by atoms with Crippen molar-refractivity contribution in [3.63, 3.8) is 0 Å². The third-order valence-electron chi connectivity index (χ3n) is 4.19. The second-order valence-corrected chi connectivity index (χ2v) is 8.60. The van der Waals surface area contributed by atoms with Crippen molar-refractivity contribution in [1.29, 1.82) is 0 Å². The van der Waals surface area contributed by atoms with E-state index in [4.69, 9.17) is 27.9 Å². The molecule has 0 saturated carbocycles. The summed E-state index contributed by atoms with van der Waals surface area (Å²) in [7, 11) is 0. The van der Waals surface area contributed by atoms with Gasteiger partial charge in [0.05, 0.1) is 27.1 Å². The molecule has 1 N–H and O–H groups in total. The lowest BCUT2D eigenvalue weighted by molar-refractivity contribution is -0.127. The van der Waals surface area contributed by atoms with Gasteiger partial charge in [-0.15, -0.1) is 11.3 Å². The molecule has 1 amide bonds. The standard InChI is InChI=1S/C20H20Cl2N4O3S/c1-11-19(30-13(3)24-11)16-5-7-18(27)26(25-16)9-8-23-20(28)12(2)29-17-6-4-14(21)10-15(17)22/h4-7,10,12H,8-9H2,1-3H3,(H,23,28).